The molecule has 1 saturated heterocycles. The lowest BCUT2D eigenvalue weighted by atomic mass is 10.2. The van der Waals surface area contributed by atoms with E-state index in [2.05, 4.69) is 18.7 Å². The second kappa shape index (κ2) is 3.90. The molecule has 0 amide bonds. The van der Waals surface area contributed by atoms with Gasteiger partial charge in [0, 0.05) is 13.1 Å². The van der Waals surface area contributed by atoms with E-state index in [9.17, 15) is 4.79 Å². The Morgan fingerprint density at radius 2 is 2.33 bits per heavy atom. The van der Waals surface area contributed by atoms with Crippen LogP contribution in [0.2, 0.25) is 0 Å². The average molecular weight is 171 g/mol. The van der Waals surface area contributed by atoms with Crippen LogP contribution in [0, 0.1) is 5.92 Å². The van der Waals surface area contributed by atoms with Crippen molar-refractivity contribution >= 4 is 5.97 Å². The molecule has 2 unspecified atom stereocenters. The van der Waals surface area contributed by atoms with Crippen LogP contribution in [0.15, 0.2) is 0 Å². The summed E-state index contributed by atoms with van der Waals surface area (Å²) < 4.78 is 4.90. The molecule has 0 aromatic carbocycles. The van der Waals surface area contributed by atoms with Gasteiger partial charge >= 0.3 is 5.97 Å². The van der Waals surface area contributed by atoms with E-state index < -0.39 is 0 Å². The Kier molecular flexibility index (Phi) is 3.09. The van der Waals surface area contributed by atoms with Gasteiger partial charge in [0.05, 0.1) is 6.61 Å². The van der Waals surface area contributed by atoms with Crippen LogP contribution in [-0.2, 0) is 9.53 Å². The van der Waals surface area contributed by atoms with Gasteiger partial charge in [0.15, 0.2) is 0 Å². The molecular formula is C9H17NO2. The van der Waals surface area contributed by atoms with Crippen molar-refractivity contribution in [2.24, 2.45) is 5.92 Å². The normalized spacial score (nSPS) is 27.3. The standard InChI is InChI=1S/C9H17NO2/c1-4-12-9(11)8-6-10(8)5-7(2)3/h7-8H,4-6H2,1-3H3. The second-order valence-corrected chi connectivity index (χ2v) is 3.62. The van der Waals surface area contributed by atoms with Crippen molar-refractivity contribution in [3.8, 4) is 0 Å². The van der Waals surface area contributed by atoms with Crippen LogP contribution in [-0.4, -0.2) is 36.6 Å². The largest absolute Gasteiger partial charge is 0.465 e. The summed E-state index contributed by atoms with van der Waals surface area (Å²) in [4.78, 5) is 13.3. The number of hydrogen-bond donors (Lipinski definition) is 0. The number of carbonyl (C=O) groups excluding carboxylic acids is 1. The minimum absolute atomic E-state index is 0.0573. The fourth-order valence-corrected chi connectivity index (χ4v) is 1.31. The molecule has 0 saturated carbocycles. The molecule has 3 heteroatoms. The Hall–Kier alpha value is -0.570. The maximum atomic E-state index is 11.1. The average Bonchev–Trinajstić information content (AvgIpc) is 2.67. The highest BCUT2D eigenvalue weighted by atomic mass is 16.5. The summed E-state index contributed by atoms with van der Waals surface area (Å²) in [6.45, 7) is 8.53. The van der Waals surface area contributed by atoms with E-state index in [-0.39, 0.29) is 12.0 Å². The first-order valence-corrected chi connectivity index (χ1v) is 4.55. The van der Waals surface area contributed by atoms with Crippen molar-refractivity contribution in [1.29, 1.82) is 0 Å². The van der Waals surface area contributed by atoms with Gasteiger partial charge in [0.2, 0.25) is 0 Å². The third-order valence-corrected chi connectivity index (χ3v) is 1.87. The highest BCUT2D eigenvalue weighted by Gasteiger charge is 2.41. The second-order valence-electron chi connectivity index (χ2n) is 3.62. The molecule has 1 aliphatic rings. The number of rotatable bonds is 4. The molecule has 1 aliphatic heterocycles. The van der Waals surface area contributed by atoms with Crippen LogP contribution in [0.4, 0.5) is 0 Å². The molecule has 3 nitrogen and oxygen atoms in total. The summed E-state index contributed by atoms with van der Waals surface area (Å²) in [7, 11) is 0. The van der Waals surface area contributed by atoms with Crippen LogP contribution in [0.3, 0.4) is 0 Å². The zero-order valence-corrected chi connectivity index (χ0v) is 8.04. The SMILES string of the molecule is CCOC(=O)C1CN1CC(C)C. The molecule has 0 spiro atoms. The van der Waals surface area contributed by atoms with Gasteiger partial charge in [-0.2, -0.15) is 0 Å². The van der Waals surface area contributed by atoms with Gasteiger partial charge in [-0.3, -0.25) is 9.69 Å². The molecule has 0 aromatic heterocycles. The predicted octanol–water partition coefficient (Wildman–Crippen LogP) is 0.890. The van der Waals surface area contributed by atoms with Gasteiger partial charge in [-0.05, 0) is 12.8 Å². The lowest BCUT2D eigenvalue weighted by Gasteiger charge is -2.05. The van der Waals surface area contributed by atoms with Gasteiger partial charge in [-0.25, -0.2) is 0 Å². The van der Waals surface area contributed by atoms with Crippen molar-refractivity contribution in [2.45, 2.75) is 26.8 Å². The number of carbonyl (C=O) groups is 1. The van der Waals surface area contributed by atoms with Gasteiger partial charge in [0.25, 0.3) is 0 Å². The minimum Gasteiger partial charge on any atom is -0.465 e. The fourth-order valence-electron chi connectivity index (χ4n) is 1.31. The molecular weight excluding hydrogens is 154 g/mol. The molecule has 0 bridgehead atoms. The summed E-state index contributed by atoms with van der Waals surface area (Å²) in [5.41, 5.74) is 0. The first-order valence-electron chi connectivity index (χ1n) is 4.55. The Morgan fingerprint density at radius 1 is 1.67 bits per heavy atom. The molecule has 1 fully saturated rings. The first kappa shape index (κ1) is 9.52. The maximum Gasteiger partial charge on any atom is 0.324 e. The van der Waals surface area contributed by atoms with Crippen molar-refractivity contribution in [2.75, 3.05) is 19.7 Å². The first-order chi connectivity index (χ1) is 5.65. The van der Waals surface area contributed by atoms with Crippen LogP contribution in [0.1, 0.15) is 20.8 Å². The lowest BCUT2D eigenvalue weighted by Crippen LogP contribution is -2.18. The fraction of sp³-hybridized carbons (Fsp3) is 0.889. The molecule has 2 atom stereocenters. The van der Waals surface area contributed by atoms with Crippen molar-refractivity contribution in [3.05, 3.63) is 0 Å². The quantitative estimate of drug-likeness (QED) is 0.464. The van der Waals surface area contributed by atoms with Crippen molar-refractivity contribution in [3.63, 3.8) is 0 Å². The lowest BCUT2D eigenvalue weighted by molar-refractivity contribution is -0.143. The summed E-state index contributed by atoms with van der Waals surface area (Å²) >= 11 is 0. The monoisotopic (exact) mass is 171 g/mol. The Bertz CT molecular complexity index is 168. The van der Waals surface area contributed by atoms with Gasteiger partial charge in [0.1, 0.15) is 6.04 Å². The summed E-state index contributed by atoms with van der Waals surface area (Å²) in [5, 5.41) is 0. The smallest absolute Gasteiger partial charge is 0.324 e. The van der Waals surface area contributed by atoms with E-state index in [1.807, 2.05) is 6.92 Å². The molecule has 0 N–H and O–H groups in total. The molecule has 0 radical (unpaired) electrons. The van der Waals surface area contributed by atoms with E-state index in [1.54, 1.807) is 0 Å². The molecule has 12 heavy (non-hydrogen) atoms. The van der Waals surface area contributed by atoms with E-state index >= 15 is 0 Å². The number of ether oxygens (including phenoxy) is 1. The highest BCUT2D eigenvalue weighted by Crippen LogP contribution is 2.20. The van der Waals surface area contributed by atoms with Crippen LogP contribution in [0.25, 0.3) is 0 Å². The number of nitrogens with zero attached hydrogens (tertiary/aromatic N) is 1. The van der Waals surface area contributed by atoms with Crippen LogP contribution in [0.5, 0.6) is 0 Å². The predicted molar refractivity (Wildman–Crippen MR) is 46.8 cm³/mol. The summed E-state index contributed by atoms with van der Waals surface area (Å²) in [6, 6.07) is 0.0624. The third kappa shape index (κ3) is 2.48. The maximum absolute atomic E-state index is 11.1. The number of esters is 1. The Morgan fingerprint density at radius 3 is 2.83 bits per heavy atom. The molecule has 0 aliphatic carbocycles. The van der Waals surface area contributed by atoms with Gasteiger partial charge < -0.3 is 4.74 Å². The van der Waals surface area contributed by atoms with E-state index in [0.717, 1.165) is 13.1 Å². The zero-order chi connectivity index (χ0) is 9.14. The topological polar surface area (TPSA) is 29.3 Å². The van der Waals surface area contributed by atoms with E-state index in [0.29, 0.717) is 12.5 Å². The van der Waals surface area contributed by atoms with Crippen LogP contribution < -0.4 is 0 Å². The minimum atomic E-state index is -0.0573. The van der Waals surface area contributed by atoms with Crippen LogP contribution >= 0.6 is 0 Å². The third-order valence-electron chi connectivity index (χ3n) is 1.87. The van der Waals surface area contributed by atoms with E-state index in [4.69, 9.17) is 4.74 Å². The molecule has 1 heterocycles. The Balaban J connectivity index is 2.18. The molecule has 70 valence electrons. The Labute approximate surface area is 73.7 Å². The van der Waals surface area contributed by atoms with Gasteiger partial charge in [-0.15, -0.1) is 0 Å². The summed E-state index contributed by atoms with van der Waals surface area (Å²) in [6.07, 6.45) is 0. The molecule has 0 aromatic rings. The number of hydrogen-bond acceptors (Lipinski definition) is 3. The highest BCUT2D eigenvalue weighted by molar-refractivity contribution is 5.79. The zero-order valence-electron chi connectivity index (χ0n) is 8.04. The van der Waals surface area contributed by atoms with Crippen molar-refractivity contribution < 1.29 is 9.53 Å². The summed E-state index contributed by atoms with van der Waals surface area (Å²) in [5.74, 6) is 0.572. The molecule has 1 rings (SSSR count). The van der Waals surface area contributed by atoms with Crippen molar-refractivity contribution in [1.82, 2.24) is 4.90 Å². The van der Waals surface area contributed by atoms with Gasteiger partial charge in [-0.1, -0.05) is 13.8 Å². The van der Waals surface area contributed by atoms with E-state index in [1.165, 1.54) is 0 Å².